The second kappa shape index (κ2) is 10.6. The van der Waals surface area contributed by atoms with Gasteiger partial charge in [-0.2, -0.15) is 4.57 Å². The summed E-state index contributed by atoms with van der Waals surface area (Å²) in [6.45, 7) is 7.04. The Morgan fingerprint density at radius 3 is 1.47 bits per heavy atom. The Labute approximate surface area is 214 Å². The normalized spacial score (nSPS) is 11.8. The number of hydrogen-bond acceptors (Lipinski definition) is 1. The smallest absolute Gasteiger partial charge is 0.213 e. The van der Waals surface area contributed by atoms with E-state index in [0.29, 0.717) is 6.61 Å². The molecule has 2 nitrogen and oxygen atoms in total. The maximum atomic E-state index is 6.46. The van der Waals surface area contributed by atoms with Crippen molar-refractivity contribution in [1.29, 1.82) is 0 Å². The van der Waals surface area contributed by atoms with Crippen LogP contribution >= 0.6 is 0 Å². The fourth-order valence-electron chi connectivity index (χ4n) is 4.85. The summed E-state index contributed by atoms with van der Waals surface area (Å²) in [6, 6.07) is 43.0. The third kappa shape index (κ3) is 4.94. The van der Waals surface area contributed by atoms with Crippen molar-refractivity contribution >= 4 is 0 Å². The Kier molecular flexibility index (Phi) is 6.95. The third-order valence-electron chi connectivity index (χ3n) is 6.67. The van der Waals surface area contributed by atoms with E-state index in [1.807, 2.05) is 0 Å². The molecule has 0 spiro atoms. The van der Waals surface area contributed by atoms with Gasteiger partial charge in [-0.05, 0) is 60.4 Å². The third-order valence-corrected chi connectivity index (χ3v) is 6.67. The summed E-state index contributed by atoms with van der Waals surface area (Å²) in [4.78, 5) is 0. The minimum absolute atomic E-state index is 0.0965. The highest BCUT2D eigenvalue weighted by Crippen LogP contribution is 2.31. The van der Waals surface area contributed by atoms with Crippen LogP contribution in [0.4, 0.5) is 0 Å². The summed E-state index contributed by atoms with van der Waals surface area (Å²) >= 11 is 0. The van der Waals surface area contributed by atoms with Crippen LogP contribution in [0.1, 0.15) is 24.1 Å². The predicted molar refractivity (Wildman–Crippen MR) is 149 cm³/mol. The van der Waals surface area contributed by atoms with Gasteiger partial charge in [0.1, 0.15) is 12.4 Å². The summed E-state index contributed by atoms with van der Waals surface area (Å²) < 4.78 is 8.89. The van der Waals surface area contributed by atoms with Gasteiger partial charge in [-0.15, -0.1) is 0 Å². The van der Waals surface area contributed by atoms with Crippen molar-refractivity contribution in [2.75, 3.05) is 6.61 Å². The van der Waals surface area contributed by atoms with Gasteiger partial charge in [0.15, 0.2) is 6.04 Å². The molecular formula is C34H32NO+. The zero-order valence-corrected chi connectivity index (χ0v) is 21.2. The summed E-state index contributed by atoms with van der Waals surface area (Å²) in [6.07, 6.45) is 0. The summed E-state index contributed by atoms with van der Waals surface area (Å²) in [5.74, 6) is 0.980. The van der Waals surface area contributed by atoms with Crippen LogP contribution in [0, 0.1) is 13.8 Å². The van der Waals surface area contributed by atoms with Crippen LogP contribution in [0.3, 0.4) is 0 Å². The maximum absolute atomic E-state index is 6.46. The fourth-order valence-corrected chi connectivity index (χ4v) is 4.85. The average molecular weight is 471 g/mol. The average Bonchev–Trinajstić information content (AvgIpc) is 2.93. The molecule has 0 fully saturated rings. The van der Waals surface area contributed by atoms with E-state index in [-0.39, 0.29) is 6.04 Å². The highest BCUT2D eigenvalue weighted by atomic mass is 16.5. The first-order valence-corrected chi connectivity index (χ1v) is 12.6. The van der Waals surface area contributed by atoms with E-state index in [2.05, 4.69) is 147 Å². The van der Waals surface area contributed by atoms with Crippen molar-refractivity contribution in [3.05, 3.63) is 132 Å². The fraction of sp³-hybridized carbons (Fsp3) is 0.147. The zero-order chi connectivity index (χ0) is 24.9. The van der Waals surface area contributed by atoms with Crippen molar-refractivity contribution in [2.24, 2.45) is 0 Å². The minimum atomic E-state index is 0.0965. The second-order valence-electron chi connectivity index (χ2n) is 9.36. The molecule has 0 bridgehead atoms. The van der Waals surface area contributed by atoms with Gasteiger partial charge in [0, 0.05) is 30.2 Å². The molecule has 4 aromatic carbocycles. The van der Waals surface area contributed by atoms with Gasteiger partial charge in [0.2, 0.25) is 11.4 Å². The Bertz CT molecular complexity index is 1360. The lowest BCUT2D eigenvalue weighted by atomic mass is 9.98. The van der Waals surface area contributed by atoms with Crippen molar-refractivity contribution in [1.82, 2.24) is 0 Å². The van der Waals surface area contributed by atoms with Crippen molar-refractivity contribution in [3.63, 3.8) is 0 Å². The number of benzene rings is 4. The molecule has 0 amide bonds. The summed E-state index contributed by atoms with van der Waals surface area (Å²) in [5.41, 5.74) is 9.46. The molecule has 5 aromatic rings. The molecule has 0 saturated heterocycles. The molecule has 0 radical (unpaired) electrons. The van der Waals surface area contributed by atoms with Crippen LogP contribution < -0.4 is 9.30 Å². The van der Waals surface area contributed by atoms with Gasteiger partial charge in [-0.25, -0.2) is 0 Å². The molecule has 178 valence electrons. The van der Waals surface area contributed by atoms with Crippen LogP contribution in [0.5, 0.6) is 5.75 Å². The topological polar surface area (TPSA) is 13.1 Å². The van der Waals surface area contributed by atoms with E-state index in [4.69, 9.17) is 4.74 Å². The molecule has 0 aliphatic heterocycles. The molecule has 0 saturated carbocycles. The van der Waals surface area contributed by atoms with Gasteiger partial charge in [-0.3, -0.25) is 0 Å². The van der Waals surface area contributed by atoms with E-state index in [1.165, 1.54) is 33.6 Å². The van der Waals surface area contributed by atoms with Crippen LogP contribution in [0.2, 0.25) is 0 Å². The molecular weight excluding hydrogens is 438 g/mol. The van der Waals surface area contributed by atoms with Crippen molar-refractivity contribution < 1.29 is 9.30 Å². The summed E-state index contributed by atoms with van der Waals surface area (Å²) in [5, 5.41) is 0. The lowest BCUT2D eigenvalue weighted by Crippen LogP contribution is -2.45. The molecule has 1 heterocycles. The quantitative estimate of drug-likeness (QED) is 0.218. The van der Waals surface area contributed by atoms with Crippen molar-refractivity contribution in [3.8, 4) is 39.4 Å². The highest BCUT2D eigenvalue weighted by Gasteiger charge is 2.28. The van der Waals surface area contributed by atoms with E-state index in [1.54, 1.807) is 0 Å². The van der Waals surface area contributed by atoms with Crippen LogP contribution in [0.15, 0.2) is 121 Å². The first-order chi connectivity index (χ1) is 17.6. The SMILES string of the molecule is Cc1cccc(C)c1OCC(C)[n+]1c(-c2ccccc2)cc(-c2ccccc2)cc1-c1ccccc1. The lowest BCUT2D eigenvalue weighted by Gasteiger charge is -2.19. The van der Waals surface area contributed by atoms with Crippen molar-refractivity contribution in [2.45, 2.75) is 26.8 Å². The molecule has 0 aliphatic carbocycles. The van der Waals surface area contributed by atoms with E-state index < -0.39 is 0 Å². The first kappa shape index (κ1) is 23.6. The predicted octanol–water partition coefficient (Wildman–Crippen LogP) is 8.23. The molecule has 0 N–H and O–H groups in total. The van der Waals surface area contributed by atoms with Crippen LogP contribution in [0.25, 0.3) is 33.6 Å². The monoisotopic (exact) mass is 470 g/mol. The molecule has 36 heavy (non-hydrogen) atoms. The largest absolute Gasteiger partial charge is 0.486 e. The number of pyridine rings is 1. The summed E-state index contributed by atoms with van der Waals surface area (Å²) in [7, 11) is 0. The van der Waals surface area contributed by atoms with Gasteiger partial charge in [0.05, 0.1) is 0 Å². The van der Waals surface area contributed by atoms with Gasteiger partial charge in [-0.1, -0.05) is 84.9 Å². The molecule has 1 unspecified atom stereocenters. The number of hydrogen-bond donors (Lipinski definition) is 0. The number of aryl methyl sites for hydroxylation is 2. The first-order valence-electron chi connectivity index (χ1n) is 12.6. The Morgan fingerprint density at radius 1 is 0.556 bits per heavy atom. The van der Waals surface area contributed by atoms with Crippen LogP contribution in [-0.4, -0.2) is 6.61 Å². The van der Waals surface area contributed by atoms with Gasteiger partial charge in [0.25, 0.3) is 0 Å². The molecule has 5 rings (SSSR count). The van der Waals surface area contributed by atoms with Gasteiger partial charge < -0.3 is 4.74 Å². The molecule has 1 aromatic heterocycles. The molecule has 0 aliphatic rings. The Balaban J connectivity index is 1.68. The number of ether oxygens (including phenoxy) is 1. The van der Waals surface area contributed by atoms with E-state index in [9.17, 15) is 0 Å². The second-order valence-corrected chi connectivity index (χ2v) is 9.36. The minimum Gasteiger partial charge on any atom is -0.486 e. The Morgan fingerprint density at radius 2 is 1.00 bits per heavy atom. The molecule has 1 atom stereocenters. The number of para-hydroxylation sites is 1. The van der Waals surface area contributed by atoms with E-state index >= 15 is 0 Å². The standard InChI is InChI=1S/C34H32NO/c1-25-14-13-15-26(2)34(25)36-24-27(3)35-32(29-18-9-5-10-19-29)22-31(28-16-7-4-8-17-28)23-33(35)30-20-11-6-12-21-30/h4-23,27H,24H2,1-3H3/q+1. The highest BCUT2D eigenvalue weighted by molar-refractivity contribution is 5.73. The zero-order valence-electron chi connectivity index (χ0n) is 21.2. The maximum Gasteiger partial charge on any atom is 0.213 e. The number of aromatic nitrogens is 1. The Hall–Kier alpha value is -4.17. The van der Waals surface area contributed by atoms with E-state index in [0.717, 1.165) is 16.9 Å². The van der Waals surface area contributed by atoms with Crippen LogP contribution in [-0.2, 0) is 0 Å². The number of rotatable bonds is 7. The van der Waals surface area contributed by atoms with Gasteiger partial charge >= 0.3 is 0 Å². The lowest BCUT2D eigenvalue weighted by molar-refractivity contribution is -0.699. The molecule has 2 heteroatoms. The number of nitrogens with zero attached hydrogens (tertiary/aromatic N) is 1.